The first-order chi connectivity index (χ1) is 9.76. The van der Waals surface area contributed by atoms with E-state index in [9.17, 15) is 5.26 Å². The maximum Gasteiger partial charge on any atom is 0.237 e. The van der Waals surface area contributed by atoms with Crippen LogP contribution in [0.5, 0.6) is 11.6 Å². The highest BCUT2D eigenvalue weighted by molar-refractivity contribution is 9.10. The quantitative estimate of drug-likeness (QED) is 0.713. The predicted molar refractivity (Wildman–Crippen MR) is 78.5 cm³/mol. The zero-order valence-electron chi connectivity index (χ0n) is 10.2. The molecule has 0 aliphatic rings. The van der Waals surface area contributed by atoms with Crippen LogP contribution in [0, 0.1) is 11.3 Å². The zero-order chi connectivity index (χ0) is 13.9. The van der Waals surface area contributed by atoms with Gasteiger partial charge in [0.05, 0.1) is 11.7 Å². The average Bonchev–Trinajstić information content (AvgIpc) is 2.46. The number of pyridine rings is 2. The van der Waals surface area contributed by atoms with Gasteiger partial charge in [-0.25, -0.2) is 4.98 Å². The number of hydrogen-bond donors (Lipinski definition) is 0. The summed E-state index contributed by atoms with van der Waals surface area (Å²) in [5.74, 6) is 0.810. The van der Waals surface area contributed by atoms with Gasteiger partial charge in [-0.05, 0) is 34.1 Å². The third kappa shape index (κ3) is 2.46. The van der Waals surface area contributed by atoms with Gasteiger partial charge < -0.3 is 4.74 Å². The van der Waals surface area contributed by atoms with E-state index in [0.29, 0.717) is 11.3 Å². The molecule has 0 saturated carbocycles. The number of halogens is 1. The van der Waals surface area contributed by atoms with Gasteiger partial charge in [0.15, 0.2) is 0 Å². The highest BCUT2D eigenvalue weighted by atomic mass is 79.9. The minimum absolute atomic E-state index is 0.283. The Morgan fingerprint density at radius 2 is 2.00 bits per heavy atom. The first-order valence-corrected chi connectivity index (χ1v) is 6.64. The summed E-state index contributed by atoms with van der Waals surface area (Å²) in [6.07, 6.45) is 3.23. The average molecular weight is 326 g/mol. The molecule has 4 nitrogen and oxygen atoms in total. The molecule has 20 heavy (non-hydrogen) atoms. The van der Waals surface area contributed by atoms with E-state index < -0.39 is 0 Å². The second kappa shape index (κ2) is 5.27. The molecular weight excluding hydrogens is 318 g/mol. The van der Waals surface area contributed by atoms with Crippen molar-refractivity contribution in [2.75, 3.05) is 0 Å². The van der Waals surface area contributed by atoms with Crippen molar-refractivity contribution >= 4 is 26.8 Å². The predicted octanol–water partition coefficient (Wildman–Crippen LogP) is 4.06. The number of para-hydroxylation sites is 1. The van der Waals surface area contributed by atoms with Crippen LogP contribution in [0.2, 0.25) is 0 Å². The van der Waals surface area contributed by atoms with Gasteiger partial charge in [0, 0.05) is 16.1 Å². The van der Waals surface area contributed by atoms with Gasteiger partial charge in [-0.2, -0.15) is 5.26 Å². The van der Waals surface area contributed by atoms with Crippen LogP contribution in [0.3, 0.4) is 0 Å². The first kappa shape index (κ1) is 12.6. The molecule has 0 aliphatic heterocycles. The fourth-order valence-electron chi connectivity index (χ4n) is 1.82. The number of ether oxygens (including phenoxy) is 1. The van der Waals surface area contributed by atoms with E-state index in [1.165, 1.54) is 0 Å². The van der Waals surface area contributed by atoms with E-state index in [4.69, 9.17) is 4.74 Å². The molecule has 2 heterocycles. The Balaban J connectivity index is 2.08. The van der Waals surface area contributed by atoms with Gasteiger partial charge in [-0.1, -0.05) is 18.2 Å². The summed E-state index contributed by atoms with van der Waals surface area (Å²) in [4.78, 5) is 8.40. The van der Waals surface area contributed by atoms with Crippen molar-refractivity contribution in [3.63, 3.8) is 0 Å². The van der Waals surface area contributed by atoms with E-state index in [0.717, 1.165) is 15.4 Å². The topological polar surface area (TPSA) is 58.8 Å². The molecule has 0 radical (unpaired) electrons. The summed E-state index contributed by atoms with van der Waals surface area (Å²) in [7, 11) is 0. The molecule has 0 atom stereocenters. The monoisotopic (exact) mass is 325 g/mol. The van der Waals surface area contributed by atoms with Gasteiger partial charge in [0.2, 0.25) is 5.88 Å². The largest absolute Gasteiger partial charge is 0.436 e. The van der Waals surface area contributed by atoms with Crippen LogP contribution in [0.15, 0.2) is 53.3 Å². The van der Waals surface area contributed by atoms with Crippen molar-refractivity contribution in [1.82, 2.24) is 9.97 Å². The van der Waals surface area contributed by atoms with E-state index in [1.54, 1.807) is 24.5 Å². The van der Waals surface area contributed by atoms with Crippen molar-refractivity contribution in [2.45, 2.75) is 0 Å². The van der Waals surface area contributed by atoms with E-state index in [2.05, 4.69) is 32.0 Å². The second-order valence-electron chi connectivity index (χ2n) is 4.09. The third-order valence-electron chi connectivity index (χ3n) is 2.70. The summed E-state index contributed by atoms with van der Waals surface area (Å²) < 4.78 is 6.46. The number of benzene rings is 1. The SMILES string of the molecule is N#Cc1cc2ccccc2nc1Oc1cncc(Br)c1. The van der Waals surface area contributed by atoms with Gasteiger partial charge in [-0.15, -0.1) is 0 Å². The minimum Gasteiger partial charge on any atom is -0.436 e. The van der Waals surface area contributed by atoms with Crippen LogP contribution in [0.4, 0.5) is 0 Å². The lowest BCUT2D eigenvalue weighted by Gasteiger charge is -2.07. The van der Waals surface area contributed by atoms with Gasteiger partial charge >= 0.3 is 0 Å². The highest BCUT2D eigenvalue weighted by Crippen LogP contribution is 2.27. The molecule has 0 amide bonds. The normalized spacial score (nSPS) is 10.2. The zero-order valence-corrected chi connectivity index (χ0v) is 11.8. The number of hydrogen-bond acceptors (Lipinski definition) is 4. The summed E-state index contributed by atoms with van der Waals surface area (Å²) >= 11 is 3.32. The van der Waals surface area contributed by atoms with Crippen molar-refractivity contribution in [2.24, 2.45) is 0 Å². The van der Waals surface area contributed by atoms with Gasteiger partial charge in [0.1, 0.15) is 17.4 Å². The fourth-order valence-corrected chi connectivity index (χ4v) is 2.16. The second-order valence-corrected chi connectivity index (χ2v) is 5.00. The van der Waals surface area contributed by atoms with E-state index in [-0.39, 0.29) is 5.88 Å². The molecule has 0 spiro atoms. The first-order valence-electron chi connectivity index (χ1n) is 5.84. The molecular formula is C15H8BrN3O. The summed E-state index contributed by atoms with van der Waals surface area (Å²) in [5, 5.41) is 10.1. The molecule has 0 N–H and O–H groups in total. The Labute approximate surface area is 123 Å². The summed E-state index contributed by atoms with van der Waals surface area (Å²) in [6.45, 7) is 0. The van der Waals surface area contributed by atoms with Crippen LogP contribution >= 0.6 is 15.9 Å². The Kier molecular flexibility index (Phi) is 3.32. The number of rotatable bonds is 2. The Bertz CT molecular complexity index is 827. The van der Waals surface area contributed by atoms with Gasteiger partial charge in [-0.3, -0.25) is 4.98 Å². The molecule has 3 rings (SSSR count). The molecule has 0 unspecified atom stereocenters. The Morgan fingerprint density at radius 1 is 1.15 bits per heavy atom. The molecule has 2 aromatic heterocycles. The van der Waals surface area contributed by atoms with Crippen LogP contribution in [0.25, 0.3) is 10.9 Å². The summed E-state index contributed by atoms with van der Waals surface area (Å²) in [6, 6.07) is 13.2. The van der Waals surface area contributed by atoms with Crippen molar-refractivity contribution in [3.8, 4) is 17.7 Å². The molecule has 0 saturated heterocycles. The van der Waals surface area contributed by atoms with E-state index in [1.807, 2.05) is 24.3 Å². The number of fused-ring (bicyclic) bond motifs is 1. The molecule has 5 heteroatoms. The minimum atomic E-state index is 0.283. The molecule has 96 valence electrons. The summed E-state index contributed by atoms with van der Waals surface area (Å²) in [5.41, 5.74) is 1.17. The molecule has 0 aliphatic carbocycles. The van der Waals surface area contributed by atoms with Crippen LogP contribution in [-0.2, 0) is 0 Å². The smallest absolute Gasteiger partial charge is 0.237 e. The molecule has 0 bridgehead atoms. The highest BCUT2D eigenvalue weighted by Gasteiger charge is 2.09. The maximum absolute atomic E-state index is 9.22. The molecule has 0 fully saturated rings. The lowest BCUT2D eigenvalue weighted by molar-refractivity contribution is 0.461. The fraction of sp³-hybridized carbons (Fsp3) is 0. The molecule has 1 aromatic carbocycles. The lowest BCUT2D eigenvalue weighted by atomic mass is 10.1. The van der Waals surface area contributed by atoms with Gasteiger partial charge in [0.25, 0.3) is 0 Å². The van der Waals surface area contributed by atoms with Crippen LogP contribution in [-0.4, -0.2) is 9.97 Å². The van der Waals surface area contributed by atoms with Crippen LogP contribution < -0.4 is 4.74 Å². The third-order valence-corrected chi connectivity index (χ3v) is 3.14. The maximum atomic E-state index is 9.22. The molecule has 3 aromatic rings. The number of aromatic nitrogens is 2. The van der Waals surface area contributed by atoms with Crippen LogP contribution in [0.1, 0.15) is 5.56 Å². The Hall–Kier alpha value is -2.45. The number of nitriles is 1. The lowest BCUT2D eigenvalue weighted by Crippen LogP contribution is -1.93. The van der Waals surface area contributed by atoms with Crippen molar-refractivity contribution < 1.29 is 4.74 Å². The van der Waals surface area contributed by atoms with Crippen molar-refractivity contribution in [1.29, 1.82) is 5.26 Å². The standard InChI is InChI=1S/C15H8BrN3O/c16-12-6-13(9-18-8-12)20-15-11(7-17)5-10-3-1-2-4-14(10)19-15/h1-6,8-9H. The van der Waals surface area contributed by atoms with Crippen molar-refractivity contribution in [3.05, 3.63) is 58.8 Å². The number of nitrogens with zero attached hydrogens (tertiary/aromatic N) is 3. The Morgan fingerprint density at radius 3 is 2.80 bits per heavy atom. The van der Waals surface area contributed by atoms with E-state index >= 15 is 0 Å².